The molecule has 1 unspecified atom stereocenters. The molecule has 1 aliphatic rings. The van der Waals surface area contributed by atoms with E-state index in [1.165, 1.54) is 16.3 Å². The molecule has 1 heterocycles. The fourth-order valence-electron chi connectivity index (χ4n) is 3.41. The summed E-state index contributed by atoms with van der Waals surface area (Å²) in [6.45, 7) is 2.53. The average molecular weight is 318 g/mol. The fourth-order valence-corrected chi connectivity index (χ4v) is 3.41. The highest BCUT2D eigenvalue weighted by Crippen LogP contribution is 2.27. The second-order valence-electron chi connectivity index (χ2n) is 6.46. The number of rotatable bonds is 4. The molecule has 1 atom stereocenters. The van der Waals surface area contributed by atoms with Crippen molar-refractivity contribution in [2.24, 2.45) is 0 Å². The third-order valence-corrected chi connectivity index (χ3v) is 4.71. The summed E-state index contributed by atoms with van der Waals surface area (Å²) in [4.78, 5) is 4.71. The van der Waals surface area contributed by atoms with Crippen molar-refractivity contribution < 1.29 is 4.74 Å². The minimum Gasteiger partial charge on any atom is -0.478 e. The molecule has 3 aromatic rings. The average Bonchev–Trinajstić information content (AvgIpc) is 3.01. The van der Waals surface area contributed by atoms with Crippen LogP contribution in [0, 0.1) is 0 Å². The van der Waals surface area contributed by atoms with E-state index in [2.05, 4.69) is 89.6 Å². The standard InChI is InChI=1S/C21H22N2O/c1-22-15-23(14-21(22)18-8-3-2-4-9-18)16-24-20-12-11-17-7-5-6-10-19(17)13-20/h2-13,21H,14-16H2,1H3. The Kier molecular flexibility index (Phi) is 4.20. The number of hydrogen-bond donors (Lipinski definition) is 0. The largest absolute Gasteiger partial charge is 0.478 e. The predicted molar refractivity (Wildman–Crippen MR) is 98.0 cm³/mol. The first-order valence-electron chi connectivity index (χ1n) is 8.39. The first kappa shape index (κ1) is 15.2. The van der Waals surface area contributed by atoms with Gasteiger partial charge < -0.3 is 4.74 Å². The van der Waals surface area contributed by atoms with Crippen LogP contribution < -0.4 is 4.74 Å². The molecule has 0 amide bonds. The van der Waals surface area contributed by atoms with Crippen LogP contribution in [0.5, 0.6) is 5.75 Å². The van der Waals surface area contributed by atoms with Crippen molar-refractivity contribution in [1.29, 1.82) is 0 Å². The predicted octanol–water partition coefficient (Wildman–Crippen LogP) is 4.12. The van der Waals surface area contributed by atoms with Gasteiger partial charge in [-0.3, -0.25) is 9.80 Å². The molecule has 4 rings (SSSR count). The van der Waals surface area contributed by atoms with Gasteiger partial charge in [0, 0.05) is 12.6 Å². The minimum absolute atomic E-state index is 0.436. The lowest BCUT2D eigenvalue weighted by molar-refractivity contribution is 0.135. The third-order valence-electron chi connectivity index (χ3n) is 4.71. The van der Waals surface area contributed by atoms with Gasteiger partial charge in [0.25, 0.3) is 0 Å². The maximum absolute atomic E-state index is 6.03. The van der Waals surface area contributed by atoms with E-state index in [0.717, 1.165) is 19.0 Å². The lowest BCUT2D eigenvalue weighted by atomic mass is 10.1. The molecule has 3 heteroatoms. The van der Waals surface area contributed by atoms with Crippen LogP contribution in [0.2, 0.25) is 0 Å². The summed E-state index contributed by atoms with van der Waals surface area (Å²) >= 11 is 0. The van der Waals surface area contributed by atoms with Gasteiger partial charge in [-0.1, -0.05) is 60.7 Å². The first-order chi connectivity index (χ1) is 11.8. The van der Waals surface area contributed by atoms with Gasteiger partial charge in [0.05, 0.1) is 6.67 Å². The molecule has 1 saturated heterocycles. The fraction of sp³-hybridized carbons (Fsp3) is 0.238. The summed E-state index contributed by atoms with van der Waals surface area (Å²) < 4.78 is 6.03. The second-order valence-corrected chi connectivity index (χ2v) is 6.46. The summed E-state index contributed by atoms with van der Waals surface area (Å²) in [5.41, 5.74) is 1.37. The van der Waals surface area contributed by atoms with Gasteiger partial charge in [-0.2, -0.15) is 0 Å². The van der Waals surface area contributed by atoms with E-state index in [1.807, 2.05) is 0 Å². The summed E-state index contributed by atoms with van der Waals surface area (Å²) in [5.74, 6) is 0.930. The van der Waals surface area contributed by atoms with Crippen molar-refractivity contribution in [2.75, 3.05) is 27.0 Å². The number of likely N-dealkylation sites (N-methyl/N-ethyl adjacent to an activating group) is 1. The maximum atomic E-state index is 6.03. The van der Waals surface area contributed by atoms with Crippen molar-refractivity contribution >= 4 is 10.8 Å². The Hall–Kier alpha value is -2.36. The van der Waals surface area contributed by atoms with Crippen LogP contribution in [0.15, 0.2) is 72.8 Å². The zero-order valence-corrected chi connectivity index (χ0v) is 13.9. The number of hydrogen-bond acceptors (Lipinski definition) is 3. The molecule has 24 heavy (non-hydrogen) atoms. The van der Waals surface area contributed by atoms with Crippen LogP contribution in [0.25, 0.3) is 10.8 Å². The second kappa shape index (κ2) is 6.63. The van der Waals surface area contributed by atoms with Gasteiger partial charge in [-0.25, -0.2) is 0 Å². The van der Waals surface area contributed by atoms with E-state index in [9.17, 15) is 0 Å². The van der Waals surface area contributed by atoms with Crippen LogP contribution in [0.3, 0.4) is 0 Å². The summed E-state index contributed by atoms with van der Waals surface area (Å²) in [6, 6.07) is 25.8. The molecule has 0 aromatic heterocycles. The summed E-state index contributed by atoms with van der Waals surface area (Å²) in [7, 11) is 2.17. The van der Waals surface area contributed by atoms with Crippen molar-refractivity contribution in [2.45, 2.75) is 6.04 Å². The molecule has 3 aromatic carbocycles. The maximum Gasteiger partial charge on any atom is 0.143 e. The van der Waals surface area contributed by atoms with Gasteiger partial charge in [0.15, 0.2) is 0 Å². The molecule has 0 N–H and O–H groups in total. The third kappa shape index (κ3) is 3.14. The molecule has 0 saturated carbocycles. The molecule has 0 aliphatic carbocycles. The summed E-state index contributed by atoms with van der Waals surface area (Å²) in [5, 5.41) is 2.46. The molecule has 0 bridgehead atoms. The molecular formula is C21H22N2O. The van der Waals surface area contributed by atoms with Crippen LogP contribution in [-0.4, -0.2) is 36.8 Å². The van der Waals surface area contributed by atoms with E-state index in [-0.39, 0.29) is 0 Å². The smallest absolute Gasteiger partial charge is 0.143 e. The number of ether oxygens (including phenoxy) is 1. The highest BCUT2D eigenvalue weighted by Gasteiger charge is 2.28. The highest BCUT2D eigenvalue weighted by atomic mass is 16.5. The minimum atomic E-state index is 0.436. The Bertz CT molecular complexity index is 818. The topological polar surface area (TPSA) is 15.7 Å². The Morgan fingerprint density at radius 3 is 2.50 bits per heavy atom. The van der Waals surface area contributed by atoms with E-state index in [1.54, 1.807) is 0 Å². The van der Waals surface area contributed by atoms with Crippen LogP contribution in [0.1, 0.15) is 11.6 Å². The molecule has 3 nitrogen and oxygen atoms in total. The Balaban J connectivity index is 1.41. The molecule has 0 spiro atoms. The van der Waals surface area contributed by atoms with Crippen molar-refractivity contribution in [1.82, 2.24) is 9.80 Å². The van der Waals surface area contributed by atoms with Crippen molar-refractivity contribution in [3.63, 3.8) is 0 Å². The van der Waals surface area contributed by atoms with Crippen molar-refractivity contribution in [3.8, 4) is 5.75 Å². The molecule has 1 aliphatic heterocycles. The first-order valence-corrected chi connectivity index (χ1v) is 8.39. The van der Waals surface area contributed by atoms with Gasteiger partial charge in [-0.05, 0) is 35.5 Å². The zero-order chi connectivity index (χ0) is 16.4. The number of benzene rings is 3. The zero-order valence-electron chi connectivity index (χ0n) is 13.9. The SMILES string of the molecule is CN1CN(COc2ccc3ccccc3c2)CC1c1ccccc1. The van der Waals surface area contributed by atoms with Crippen LogP contribution >= 0.6 is 0 Å². The molecule has 1 fully saturated rings. The van der Waals surface area contributed by atoms with Gasteiger partial charge in [-0.15, -0.1) is 0 Å². The van der Waals surface area contributed by atoms with Gasteiger partial charge in [0.2, 0.25) is 0 Å². The summed E-state index contributed by atoms with van der Waals surface area (Å²) in [6.07, 6.45) is 0. The number of nitrogens with zero attached hydrogens (tertiary/aromatic N) is 2. The monoisotopic (exact) mass is 318 g/mol. The highest BCUT2D eigenvalue weighted by molar-refractivity contribution is 5.83. The van der Waals surface area contributed by atoms with E-state index in [0.29, 0.717) is 12.8 Å². The Labute approximate surface area is 143 Å². The molecule has 122 valence electrons. The van der Waals surface area contributed by atoms with Gasteiger partial charge >= 0.3 is 0 Å². The van der Waals surface area contributed by atoms with Crippen LogP contribution in [0.4, 0.5) is 0 Å². The number of fused-ring (bicyclic) bond motifs is 1. The van der Waals surface area contributed by atoms with Crippen molar-refractivity contribution in [3.05, 3.63) is 78.4 Å². The Morgan fingerprint density at radius 2 is 1.67 bits per heavy atom. The van der Waals surface area contributed by atoms with Crippen LogP contribution in [-0.2, 0) is 0 Å². The molecular weight excluding hydrogens is 296 g/mol. The lowest BCUT2D eigenvalue weighted by Crippen LogP contribution is -2.27. The van der Waals surface area contributed by atoms with E-state index < -0.39 is 0 Å². The van der Waals surface area contributed by atoms with E-state index in [4.69, 9.17) is 4.74 Å². The van der Waals surface area contributed by atoms with E-state index >= 15 is 0 Å². The normalized spacial score (nSPS) is 19.0. The van der Waals surface area contributed by atoms with Gasteiger partial charge in [0.1, 0.15) is 12.5 Å². The molecule has 0 radical (unpaired) electrons. The Morgan fingerprint density at radius 1 is 0.917 bits per heavy atom. The lowest BCUT2D eigenvalue weighted by Gasteiger charge is -2.17. The quantitative estimate of drug-likeness (QED) is 0.719.